The molecular weight excluding hydrogens is 226 g/mol. The lowest BCUT2D eigenvalue weighted by molar-refractivity contribution is -0.156. The molecule has 0 aliphatic rings. The van der Waals surface area contributed by atoms with Crippen LogP contribution in [0.25, 0.3) is 0 Å². The molecule has 0 aliphatic heterocycles. The topological polar surface area (TPSA) is 107 Å². The minimum absolute atomic E-state index is 0.119. The third-order valence-electron chi connectivity index (χ3n) is 1.83. The van der Waals surface area contributed by atoms with Crippen molar-refractivity contribution in [1.82, 2.24) is 0 Å². The molecule has 0 aromatic carbocycles. The fourth-order valence-electron chi connectivity index (χ4n) is 1.37. The van der Waals surface area contributed by atoms with Crippen LogP contribution in [0.4, 0.5) is 0 Å². The molecule has 1 amide bonds. The quantitative estimate of drug-likeness (QED) is 0.669. The van der Waals surface area contributed by atoms with Crippen LogP contribution in [0.5, 0.6) is 0 Å². The molecule has 0 fully saturated rings. The van der Waals surface area contributed by atoms with Crippen LogP contribution in [-0.2, 0) is 19.1 Å². The minimum atomic E-state index is -1.07. The van der Waals surface area contributed by atoms with E-state index in [9.17, 15) is 14.4 Å². The Balaban J connectivity index is 4.37. The molecule has 6 heteroatoms. The van der Waals surface area contributed by atoms with E-state index in [0.29, 0.717) is 0 Å². The van der Waals surface area contributed by atoms with Gasteiger partial charge in [-0.1, -0.05) is 0 Å². The van der Waals surface area contributed by atoms with Gasteiger partial charge in [0, 0.05) is 19.3 Å². The zero-order valence-electron chi connectivity index (χ0n) is 10.4. The van der Waals surface area contributed by atoms with Crippen LogP contribution >= 0.6 is 0 Å². The molecule has 98 valence electrons. The Bertz CT molecular complexity index is 289. The molecule has 0 aliphatic carbocycles. The van der Waals surface area contributed by atoms with E-state index in [2.05, 4.69) is 0 Å². The number of hydrogen-bond donors (Lipinski definition) is 2. The summed E-state index contributed by atoms with van der Waals surface area (Å²) in [4.78, 5) is 32.8. The van der Waals surface area contributed by atoms with Crippen LogP contribution in [0.1, 0.15) is 40.0 Å². The van der Waals surface area contributed by atoms with E-state index in [4.69, 9.17) is 15.6 Å². The number of carboxylic acid groups (broad SMARTS) is 1. The lowest BCUT2D eigenvalue weighted by Gasteiger charge is -2.21. The number of primary amides is 1. The van der Waals surface area contributed by atoms with E-state index in [1.54, 1.807) is 20.8 Å². The van der Waals surface area contributed by atoms with Gasteiger partial charge in [-0.2, -0.15) is 0 Å². The van der Waals surface area contributed by atoms with E-state index in [0.717, 1.165) is 0 Å². The van der Waals surface area contributed by atoms with Crippen LogP contribution in [0.2, 0.25) is 0 Å². The van der Waals surface area contributed by atoms with Gasteiger partial charge in [0.05, 0.1) is 0 Å². The van der Waals surface area contributed by atoms with Crippen molar-refractivity contribution in [1.29, 1.82) is 0 Å². The van der Waals surface area contributed by atoms with Crippen molar-refractivity contribution in [3.05, 3.63) is 0 Å². The van der Waals surface area contributed by atoms with E-state index >= 15 is 0 Å². The zero-order valence-corrected chi connectivity index (χ0v) is 10.4. The summed E-state index contributed by atoms with van der Waals surface area (Å²) in [6, 6.07) is 0. The molecule has 0 heterocycles. The number of ether oxygens (including phenoxy) is 1. The molecule has 0 aromatic heterocycles. The highest BCUT2D eigenvalue weighted by atomic mass is 16.6. The van der Waals surface area contributed by atoms with Gasteiger partial charge in [0.1, 0.15) is 5.60 Å². The molecule has 1 atom stereocenters. The van der Waals surface area contributed by atoms with Gasteiger partial charge < -0.3 is 15.6 Å². The van der Waals surface area contributed by atoms with Crippen molar-refractivity contribution >= 4 is 17.8 Å². The number of carbonyl (C=O) groups is 3. The summed E-state index contributed by atoms with van der Waals surface area (Å²) in [5.74, 6) is -2.83. The van der Waals surface area contributed by atoms with Gasteiger partial charge in [-0.05, 0) is 26.7 Å². The predicted molar refractivity (Wildman–Crippen MR) is 60.0 cm³/mol. The predicted octanol–water partition coefficient (Wildman–Crippen LogP) is 0.684. The van der Waals surface area contributed by atoms with Crippen LogP contribution in [0.3, 0.4) is 0 Å². The van der Waals surface area contributed by atoms with Crippen molar-refractivity contribution in [3.63, 3.8) is 0 Å². The Kier molecular flexibility index (Phi) is 5.64. The molecule has 0 rings (SSSR count). The number of aliphatic carboxylic acids is 1. The fraction of sp³-hybridized carbons (Fsp3) is 0.727. The maximum absolute atomic E-state index is 11.5. The normalized spacial score (nSPS) is 12.9. The Hall–Kier alpha value is -1.59. The second-order valence-electron chi connectivity index (χ2n) is 4.92. The molecule has 17 heavy (non-hydrogen) atoms. The third kappa shape index (κ3) is 9.35. The van der Waals surface area contributed by atoms with E-state index in [1.807, 2.05) is 0 Å². The molecule has 6 nitrogen and oxygen atoms in total. The number of rotatable bonds is 6. The van der Waals surface area contributed by atoms with Crippen molar-refractivity contribution < 1.29 is 24.2 Å². The largest absolute Gasteiger partial charge is 0.481 e. The first-order valence-corrected chi connectivity index (χ1v) is 5.32. The average Bonchev–Trinajstić information content (AvgIpc) is 1.95. The number of amides is 1. The summed E-state index contributed by atoms with van der Waals surface area (Å²) in [6.45, 7) is 5.14. The van der Waals surface area contributed by atoms with Crippen LogP contribution < -0.4 is 5.73 Å². The maximum atomic E-state index is 11.5. The third-order valence-corrected chi connectivity index (χ3v) is 1.83. The second-order valence-corrected chi connectivity index (χ2v) is 4.92. The first-order chi connectivity index (χ1) is 7.60. The Labute approximate surface area is 100 Å². The molecule has 3 N–H and O–H groups in total. The standard InChI is InChI=1S/C11H19NO5/c1-11(2,3)17-10(16)6-7(4-8(12)13)5-9(14)15/h7H,4-6H2,1-3H3,(H2,12,13)(H,14,15)/t7-/m0/s1. The highest BCUT2D eigenvalue weighted by molar-refractivity contribution is 5.77. The van der Waals surface area contributed by atoms with Gasteiger partial charge in [0.25, 0.3) is 0 Å². The minimum Gasteiger partial charge on any atom is -0.481 e. The van der Waals surface area contributed by atoms with Gasteiger partial charge in [-0.3, -0.25) is 14.4 Å². The number of hydrogen-bond acceptors (Lipinski definition) is 4. The van der Waals surface area contributed by atoms with Crippen molar-refractivity contribution in [2.24, 2.45) is 11.7 Å². The number of nitrogens with two attached hydrogens (primary N) is 1. The van der Waals surface area contributed by atoms with Crippen molar-refractivity contribution in [2.75, 3.05) is 0 Å². The van der Waals surface area contributed by atoms with Gasteiger partial charge in [-0.15, -0.1) is 0 Å². The smallest absolute Gasteiger partial charge is 0.306 e. The molecule has 0 unspecified atom stereocenters. The highest BCUT2D eigenvalue weighted by Gasteiger charge is 2.23. The number of carboxylic acids is 1. The van der Waals surface area contributed by atoms with E-state index < -0.39 is 29.4 Å². The summed E-state index contributed by atoms with van der Waals surface area (Å²) in [5, 5.41) is 8.64. The van der Waals surface area contributed by atoms with Gasteiger partial charge in [0.2, 0.25) is 5.91 Å². The molecule has 0 radical (unpaired) electrons. The number of esters is 1. The summed E-state index contributed by atoms with van der Waals surface area (Å²) in [5.41, 5.74) is 4.36. The van der Waals surface area contributed by atoms with E-state index in [-0.39, 0.29) is 19.3 Å². The van der Waals surface area contributed by atoms with Crippen molar-refractivity contribution in [3.8, 4) is 0 Å². The SMILES string of the molecule is CC(C)(C)OC(=O)C[C@@H](CC(N)=O)CC(=O)O. The second kappa shape index (κ2) is 6.22. The Morgan fingerprint density at radius 1 is 1.18 bits per heavy atom. The molecule has 0 saturated heterocycles. The van der Waals surface area contributed by atoms with Gasteiger partial charge >= 0.3 is 11.9 Å². The first-order valence-electron chi connectivity index (χ1n) is 5.32. The average molecular weight is 245 g/mol. The van der Waals surface area contributed by atoms with Crippen LogP contribution in [0, 0.1) is 5.92 Å². The van der Waals surface area contributed by atoms with Gasteiger partial charge in [0.15, 0.2) is 0 Å². The lowest BCUT2D eigenvalue weighted by Crippen LogP contribution is -2.27. The number of carbonyl (C=O) groups excluding carboxylic acids is 2. The summed E-state index contributed by atoms with van der Waals surface area (Å²) < 4.78 is 5.05. The molecule has 0 aromatic rings. The molecule has 0 bridgehead atoms. The first kappa shape index (κ1) is 15.4. The molecule has 0 spiro atoms. The van der Waals surface area contributed by atoms with E-state index in [1.165, 1.54) is 0 Å². The van der Waals surface area contributed by atoms with Crippen LogP contribution in [-0.4, -0.2) is 28.6 Å². The van der Waals surface area contributed by atoms with Crippen molar-refractivity contribution in [2.45, 2.75) is 45.6 Å². The molecule has 0 saturated carbocycles. The van der Waals surface area contributed by atoms with Gasteiger partial charge in [-0.25, -0.2) is 0 Å². The summed E-state index contributed by atoms with van der Waals surface area (Å²) in [6.07, 6.45) is -0.528. The van der Waals surface area contributed by atoms with Crippen LogP contribution in [0.15, 0.2) is 0 Å². The highest BCUT2D eigenvalue weighted by Crippen LogP contribution is 2.17. The summed E-state index contributed by atoms with van der Waals surface area (Å²) >= 11 is 0. The fourth-order valence-corrected chi connectivity index (χ4v) is 1.37. The Morgan fingerprint density at radius 3 is 2.06 bits per heavy atom. The molecular formula is C11H19NO5. The maximum Gasteiger partial charge on any atom is 0.306 e. The lowest BCUT2D eigenvalue weighted by atomic mass is 9.97. The Morgan fingerprint density at radius 2 is 1.71 bits per heavy atom. The monoisotopic (exact) mass is 245 g/mol. The zero-order chi connectivity index (χ0) is 13.6. The summed E-state index contributed by atoms with van der Waals surface area (Å²) in [7, 11) is 0.